The van der Waals surface area contributed by atoms with E-state index in [0.717, 1.165) is 9.88 Å². The van der Waals surface area contributed by atoms with Crippen molar-refractivity contribution in [2.45, 2.75) is 26.3 Å². The maximum absolute atomic E-state index is 11.2. The first kappa shape index (κ1) is 11.3. The fraction of sp³-hybridized carbons (Fsp3) is 0.500. The van der Waals surface area contributed by atoms with E-state index in [-0.39, 0.29) is 0 Å². The van der Waals surface area contributed by atoms with Crippen LogP contribution in [0.3, 0.4) is 0 Å². The van der Waals surface area contributed by atoms with Crippen LogP contribution in [0.2, 0.25) is 0 Å². The molecule has 0 bridgehead atoms. The molecule has 18 heavy (non-hydrogen) atoms. The fourth-order valence-electron chi connectivity index (χ4n) is 1.83. The Morgan fingerprint density at radius 1 is 1.61 bits per heavy atom. The van der Waals surface area contributed by atoms with Gasteiger partial charge in [0.15, 0.2) is 5.82 Å². The maximum atomic E-state index is 11.2. The van der Waals surface area contributed by atoms with Gasteiger partial charge in [-0.2, -0.15) is 0 Å². The topological polar surface area (TPSA) is 93.8 Å². The number of thiazole rings is 1. The van der Waals surface area contributed by atoms with Crippen LogP contribution in [0.5, 0.6) is 0 Å². The Labute approximate surface area is 106 Å². The quantitative estimate of drug-likeness (QED) is 0.885. The number of tetrazole rings is 1. The molecule has 0 aromatic carbocycles. The molecule has 94 valence electrons. The summed E-state index contributed by atoms with van der Waals surface area (Å²) in [6.07, 6.45) is 3.08. The first-order valence-corrected chi connectivity index (χ1v) is 6.35. The molecular weight excluding hydrogens is 254 g/mol. The normalized spacial score (nSPS) is 16.7. The third kappa shape index (κ3) is 1.78. The summed E-state index contributed by atoms with van der Waals surface area (Å²) in [5.74, 6) is -0.183. The molecule has 2 heterocycles. The van der Waals surface area contributed by atoms with Gasteiger partial charge in [-0.3, -0.25) is 4.79 Å². The molecule has 0 atom stereocenters. The van der Waals surface area contributed by atoms with Crippen molar-refractivity contribution in [2.75, 3.05) is 0 Å². The van der Waals surface area contributed by atoms with E-state index < -0.39 is 11.4 Å². The van der Waals surface area contributed by atoms with Crippen molar-refractivity contribution in [3.63, 3.8) is 0 Å². The van der Waals surface area contributed by atoms with Gasteiger partial charge in [0.05, 0.1) is 21.8 Å². The number of nitrogens with zero attached hydrogens (tertiary/aromatic N) is 5. The average molecular weight is 265 g/mol. The number of rotatable bonds is 4. The van der Waals surface area contributed by atoms with Gasteiger partial charge in [-0.15, -0.1) is 16.4 Å². The van der Waals surface area contributed by atoms with Gasteiger partial charge in [0, 0.05) is 6.20 Å². The minimum Gasteiger partial charge on any atom is -0.481 e. The zero-order valence-corrected chi connectivity index (χ0v) is 10.5. The van der Waals surface area contributed by atoms with Crippen LogP contribution in [-0.2, 0) is 11.3 Å². The Morgan fingerprint density at radius 3 is 2.94 bits per heavy atom. The lowest BCUT2D eigenvalue weighted by Gasteiger charge is -2.09. The summed E-state index contributed by atoms with van der Waals surface area (Å²) in [4.78, 5) is 16.2. The smallest absolute Gasteiger partial charge is 0.311 e. The highest BCUT2D eigenvalue weighted by Gasteiger charge is 2.51. The van der Waals surface area contributed by atoms with Crippen LogP contribution in [0.15, 0.2) is 6.20 Å². The van der Waals surface area contributed by atoms with Gasteiger partial charge in [0.25, 0.3) is 0 Å². The number of carbonyl (C=O) groups is 1. The minimum atomic E-state index is -0.774. The largest absolute Gasteiger partial charge is 0.481 e. The van der Waals surface area contributed by atoms with Crippen molar-refractivity contribution in [2.24, 2.45) is 5.41 Å². The van der Waals surface area contributed by atoms with Crippen LogP contribution in [0.1, 0.15) is 17.8 Å². The van der Waals surface area contributed by atoms with E-state index >= 15 is 0 Å². The predicted octanol–water partition coefficient (Wildman–Crippen LogP) is 0.970. The average Bonchev–Trinajstić information content (AvgIpc) is 2.76. The van der Waals surface area contributed by atoms with Gasteiger partial charge in [-0.05, 0) is 30.2 Å². The minimum absolute atomic E-state index is 0.321. The van der Waals surface area contributed by atoms with Gasteiger partial charge in [0.2, 0.25) is 0 Å². The number of aromatic nitrogens is 5. The number of carboxylic acid groups (broad SMARTS) is 1. The summed E-state index contributed by atoms with van der Waals surface area (Å²) in [6.45, 7) is 2.23. The number of aryl methyl sites for hydroxylation is 1. The molecule has 2 aromatic rings. The van der Waals surface area contributed by atoms with Crippen LogP contribution in [-0.4, -0.2) is 36.3 Å². The summed E-state index contributed by atoms with van der Waals surface area (Å²) in [5.41, 5.74) is -0.677. The molecule has 0 saturated heterocycles. The molecule has 1 aliphatic carbocycles. The summed E-state index contributed by atoms with van der Waals surface area (Å²) in [5, 5.41) is 21.6. The Kier molecular flexibility index (Phi) is 2.40. The highest BCUT2D eigenvalue weighted by molar-refractivity contribution is 7.14. The Balaban J connectivity index is 1.91. The Morgan fingerprint density at radius 2 is 2.39 bits per heavy atom. The van der Waals surface area contributed by atoms with E-state index in [1.807, 2.05) is 6.92 Å². The lowest BCUT2D eigenvalue weighted by Crippen LogP contribution is -2.22. The van der Waals surface area contributed by atoms with E-state index in [1.165, 1.54) is 11.3 Å². The van der Waals surface area contributed by atoms with E-state index in [0.29, 0.717) is 25.2 Å². The molecule has 2 aromatic heterocycles. The first-order valence-electron chi connectivity index (χ1n) is 5.53. The van der Waals surface area contributed by atoms with Crippen molar-refractivity contribution in [3.8, 4) is 10.7 Å². The first-order chi connectivity index (χ1) is 8.61. The summed E-state index contributed by atoms with van der Waals surface area (Å²) in [6, 6.07) is 0. The molecule has 1 saturated carbocycles. The summed E-state index contributed by atoms with van der Waals surface area (Å²) < 4.78 is 1.56. The fourth-order valence-corrected chi connectivity index (χ4v) is 2.60. The maximum Gasteiger partial charge on any atom is 0.311 e. The molecule has 1 fully saturated rings. The standard InChI is InChI=1S/C10H11N5O2S/c1-6-11-4-7(18-6)8-12-13-14-15(8)5-10(2-3-10)9(16)17/h4H,2-3,5H2,1H3,(H,16,17). The van der Waals surface area contributed by atoms with Gasteiger partial charge >= 0.3 is 5.97 Å². The number of aliphatic carboxylic acids is 1. The van der Waals surface area contributed by atoms with E-state index in [4.69, 9.17) is 0 Å². The highest BCUT2D eigenvalue weighted by Crippen LogP contribution is 2.47. The van der Waals surface area contributed by atoms with Crippen molar-refractivity contribution in [1.29, 1.82) is 0 Å². The van der Waals surface area contributed by atoms with Crippen LogP contribution >= 0.6 is 11.3 Å². The SMILES string of the molecule is Cc1ncc(-c2nnnn2CC2(C(=O)O)CC2)s1. The van der Waals surface area contributed by atoms with Crippen molar-refractivity contribution >= 4 is 17.3 Å². The highest BCUT2D eigenvalue weighted by atomic mass is 32.1. The molecule has 3 rings (SSSR count). The van der Waals surface area contributed by atoms with Crippen LogP contribution in [0, 0.1) is 12.3 Å². The Hall–Kier alpha value is -1.83. The molecule has 7 nitrogen and oxygen atoms in total. The lowest BCUT2D eigenvalue weighted by molar-refractivity contribution is -0.144. The second-order valence-electron chi connectivity index (χ2n) is 4.49. The second-order valence-corrected chi connectivity index (χ2v) is 5.72. The molecule has 0 spiro atoms. The third-order valence-corrected chi connectivity index (χ3v) is 4.04. The number of hydrogen-bond donors (Lipinski definition) is 1. The van der Waals surface area contributed by atoms with Crippen LogP contribution < -0.4 is 0 Å². The molecule has 1 aliphatic rings. The second kappa shape index (κ2) is 3.84. The van der Waals surface area contributed by atoms with E-state index in [1.54, 1.807) is 10.9 Å². The van der Waals surface area contributed by atoms with Gasteiger partial charge in [-0.25, -0.2) is 9.67 Å². The zero-order chi connectivity index (χ0) is 12.8. The monoisotopic (exact) mass is 265 g/mol. The summed E-state index contributed by atoms with van der Waals surface area (Å²) in [7, 11) is 0. The Bertz CT molecular complexity index is 601. The van der Waals surface area contributed by atoms with Gasteiger partial charge in [0.1, 0.15) is 0 Å². The van der Waals surface area contributed by atoms with Crippen molar-refractivity contribution in [3.05, 3.63) is 11.2 Å². The van der Waals surface area contributed by atoms with Gasteiger partial charge < -0.3 is 5.11 Å². The number of hydrogen-bond acceptors (Lipinski definition) is 6. The van der Waals surface area contributed by atoms with E-state index in [9.17, 15) is 9.90 Å². The third-order valence-electron chi connectivity index (χ3n) is 3.13. The van der Waals surface area contributed by atoms with Crippen molar-refractivity contribution in [1.82, 2.24) is 25.2 Å². The lowest BCUT2D eigenvalue weighted by atomic mass is 10.1. The van der Waals surface area contributed by atoms with Crippen LogP contribution in [0.25, 0.3) is 10.7 Å². The van der Waals surface area contributed by atoms with Crippen LogP contribution in [0.4, 0.5) is 0 Å². The molecule has 0 amide bonds. The molecule has 8 heteroatoms. The molecule has 0 aliphatic heterocycles. The zero-order valence-electron chi connectivity index (χ0n) is 9.70. The predicted molar refractivity (Wildman–Crippen MR) is 63.0 cm³/mol. The molecule has 0 unspecified atom stereocenters. The van der Waals surface area contributed by atoms with E-state index in [2.05, 4.69) is 20.5 Å². The number of carboxylic acids is 1. The molecule has 1 N–H and O–H groups in total. The van der Waals surface area contributed by atoms with Crippen molar-refractivity contribution < 1.29 is 9.90 Å². The van der Waals surface area contributed by atoms with Gasteiger partial charge in [-0.1, -0.05) is 0 Å². The summed E-state index contributed by atoms with van der Waals surface area (Å²) >= 11 is 1.49. The molecular formula is C10H11N5O2S. The molecule has 0 radical (unpaired) electrons.